The number of halogens is 1. The van der Waals surface area contributed by atoms with Crippen molar-refractivity contribution in [2.24, 2.45) is 4.99 Å². The second kappa shape index (κ2) is 15.2. The summed E-state index contributed by atoms with van der Waals surface area (Å²) < 4.78 is 35.9. The monoisotopic (exact) mass is 502 g/mol. The zero-order valence-electron chi connectivity index (χ0n) is 15.5. The van der Waals surface area contributed by atoms with E-state index in [1.54, 1.807) is 13.2 Å². The highest BCUT2D eigenvalue weighted by molar-refractivity contribution is 14.0. The third-order valence-corrected chi connectivity index (χ3v) is 4.64. The van der Waals surface area contributed by atoms with Gasteiger partial charge in [0.25, 0.3) is 0 Å². The van der Waals surface area contributed by atoms with Crippen LogP contribution in [0.15, 0.2) is 27.8 Å². The Balaban J connectivity index is 0.00000625. The highest BCUT2D eigenvalue weighted by Gasteiger charge is 2.04. The Hall–Kier alpha value is -0.850. The first-order valence-corrected chi connectivity index (χ1v) is 10.3. The molecule has 152 valence electrons. The number of furan rings is 1. The van der Waals surface area contributed by atoms with Gasteiger partial charge >= 0.3 is 0 Å². The highest BCUT2D eigenvalue weighted by Crippen LogP contribution is 2.01. The maximum Gasteiger partial charge on any atom is 0.211 e. The van der Waals surface area contributed by atoms with Crippen LogP contribution in [0.1, 0.15) is 32.4 Å². The molecule has 1 rings (SSSR count). The molecule has 0 aliphatic rings. The fourth-order valence-electron chi connectivity index (χ4n) is 1.89. The van der Waals surface area contributed by atoms with Crippen LogP contribution in [0.4, 0.5) is 0 Å². The first-order chi connectivity index (χ1) is 12.1. The van der Waals surface area contributed by atoms with Crippen LogP contribution in [-0.2, 0) is 21.4 Å². The quantitative estimate of drug-likeness (QED) is 0.164. The Morgan fingerprint density at radius 2 is 2.04 bits per heavy atom. The van der Waals surface area contributed by atoms with E-state index in [-0.39, 0.29) is 29.7 Å². The third kappa shape index (κ3) is 12.5. The Morgan fingerprint density at radius 1 is 1.23 bits per heavy atom. The summed E-state index contributed by atoms with van der Waals surface area (Å²) in [5, 5.41) is 6.35. The minimum absolute atomic E-state index is 0. The fraction of sp³-hybridized carbons (Fsp3) is 0.688. The molecule has 0 amide bonds. The molecule has 0 radical (unpaired) electrons. The lowest BCUT2D eigenvalue weighted by Crippen LogP contribution is -2.39. The number of guanidine groups is 1. The van der Waals surface area contributed by atoms with Crippen molar-refractivity contribution in [3.05, 3.63) is 24.2 Å². The molecule has 0 unspecified atom stereocenters. The number of ether oxygens (including phenoxy) is 1. The maximum atomic E-state index is 11.3. The Kier molecular flexibility index (Phi) is 14.7. The molecule has 1 aromatic heterocycles. The number of hydrogen-bond donors (Lipinski definition) is 3. The first kappa shape index (κ1) is 25.1. The van der Waals surface area contributed by atoms with Crippen molar-refractivity contribution in [1.29, 1.82) is 0 Å². The zero-order valence-corrected chi connectivity index (χ0v) is 18.6. The van der Waals surface area contributed by atoms with Gasteiger partial charge in [-0.2, -0.15) is 0 Å². The largest absolute Gasteiger partial charge is 0.467 e. The van der Waals surface area contributed by atoms with E-state index in [2.05, 4.69) is 20.3 Å². The van der Waals surface area contributed by atoms with Crippen LogP contribution in [0.5, 0.6) is 0 Å². The van der Waals surface area contributed by atoms with Crippen molar-refractivity contribution < 1.29 is 17.6 Å². The summed E-state index contributed by atoms with van der Waals surface area (Å²) in [7, 11) is -3.11. The van der Waals surface area contributed by atoms with Crippen molar-refractivity contribution >= 4 is 40.0 Å². The van der Waals surface area contributed by atoms with Gasteiger partial charge in [-0.1, -0.05) is 0 Å². The predicted molar refractivity (Wildman–Crippen MR) is 114 cm³/mol. The van der Waals surface area contributed by atoms with Crippen molar-refractivity contribution in [2.75, 3.05) is 38.5 Å². The molecule has 1 aromatic rings. The molecule has 8 nitrogen and oxygen atoms in total. The molecule has 0 spiro atoms. The van der Waals surface area contributed by atoms with Gasteiger partial charge in [0.1, 0.15) is 12.4 Å². The molecule has 26 heavy (non-hydrogen) atoms. The molecule has 0 saturated heterocycles. The standard InChI is InChI=1S/C16H30N4O4S.HI/c1-3-17-16(18-9-6-11-20-25(21,22)4-2)19-10-7-12-23-14-15-8-5-13-24-15;/h5,8,13,20H,3-4,6-7,9-12,14H2,1-2H3,(H2,17,18,19);1H. The molecule has 10 heteroatoms. The third-order valence-electron chi connectivity index (χ3n) is 3.23. The average Bonchev–Trinajstić information content (AvgIpc) is 3.10. The van der Waals surface area contributed by atoms with Crippen molar-refractivity contribution in [1.82, 2.24) is 15.4 Å². The van der Waals surface area contributed by atoms with Crippen LogP contribution in [0, 0.1) is 0 Å². The minimum atomic E-state index is -3.11. The Labute approximate surface area is 173 Å². The van der Waals surface area contributed by atoms with Crippen LogP contribution in [-0.4, -0.2) is 52.9 Å². The van der Waals surface area contributed by atoms with Gasteiger partial charge in [-0.15, -0.1) is 24.0 Å². The molecule has 1 heterocycles. The summed E-state index contributed by atoms with van der Waals surface area (Å²) in [4.78, 5) is 4.46. The van der Waals surface area contributed by atoms with Crippen molar-refractivity contribution in [2.45, 2.75) is 33.3 Å². The van der Waals surface area contributed by atoms with E-state index >= 15 is 0 Å². The van der Waals surface area contributed by atoms with Gasteiger partial charge in [0.05, 0.1) is 12.0 Å². The lowest BCUT2D eigenvalue weighted by Gasteiger charge is -2.11. The van der Waals surface area contributed by atoms with Gasteiger partial charge < -0.3 is 19.8 Å². The summed E-state index contributed by atoms with van der Waals surface area (Å²) in [6.07, 6.45) is 3.13. The van der Waals surface area contributed by atoms with Gasteiger partial charge in [-0.25, -0.2) is 13.1 Å². The van der Waals surface area contributed by atoms with Crippen molar-refractivity contribution in [3.63, 3.8) is 0 Å². The number of nitrogens with one attached hydrogen (secondary N) is 3. The normalized spacial score (nSPS) is 11.8. The van der Waals surface area contributed by atoms with Gasteiger partial charge in [0, 0.05) is 32.8 Å². The minimum Gasteiger partial charge on any atom is -0.467 e. The number of rotatable bonds is 13. The summed E-state index contributed by atoms with van der Waals surface area (Å²) in [6.45, 7) is 7.19. The molecule has 0 aliphatic heterocycles. The zero-order chi connectivity index (χ0) is 18.4. The van der Waals surface area contributed by atoms with E-state index in [0.29, 0.717) is 39.3 Å². The number of nitrogens with zero attached hydrogens (tertiary/aromatic N) is 1. The molecule has 0 aromatic carbocycles. The van der Waals surface area contributed by atoms with Crippen LogP contribution in [0.2, 0.25) is 0 Å². The van der Waals surface area contributed by atoms with Gasteiger partial charge in [-0.05, 0) is 38.8 Å². The summed E-state index contributed by atoms with van der Waals surface area (Å²) in [5.74, 6) is 1.65. The molecule has 0 atom stereocenters. The average molecular weight is 502 g/mol. The molecule has 3 N–H and O–H groups in total. The van der Waals surface area contributed by atoms with Crippen LogP contribution < -0.4 is 15.4 Å². The number of sulfonamides is 1. The Morgan fingerprint density at radius 3 is 2.69 bits per heavy atom. The molecule has 0 bridgehead atoms. The lowest BCUT2D eigenvalue weighted by molar-refractivity contribution is 0.105. The summed E-state index contributed by atoms with van der Waals surface area (Å²) >= 11 is 0. The highest BCUT2D eigenvalue weighted by atomic mass is 127. The van der Waals surface area contributed by atoms with Gasteiger partial charge in [0.15, 0.2) is 5.96 Å². The molecule has 0 aliphatic carbocycles. The summed E-state index contributed by atoms with van der Waals surface area (Å²) in [6, 6.07) is 3.72. The lowest BCUT2D eigenvalue weighted by atomic mass is 10.4. The molecule has 0 fully saturated rings. The van der Waals surface area contributed by atoms with E-state index in [1.807, 2.05) is 19.1 Å². The topological polar surface area (TPSA) is 105 Å². The predicted octanol–water partition coefficient (Wildman–Crippen LogP) is 1.69. The SMILES string of the molecule is CCNC(=NCCCOCc1ccco1)NCCCNS(=O)(=O)CC.I. The van der Waals surface area contributed by atoms with E-state index < -0.39 is 10.0 Å². The van der Waals surface area contributed by atoms with E-state index in [4.69, 9.17) is 9.15 Å². The fourth-order valence-corrected chi connectivity index (χ4v) is 2.55. The second-order valence-electron chi connectivity index (χ2n) is 5.32. The smallest absolute Gasteiger partial charge is 0.211 e. The Bertz CT molecular complexity index is 579. The molecular formula is C16H31IN4O4S. The van der Waals surface area contributed by atoms with Crippen LogP contribution in [0.3, 0.4) is 0 Å². The van der Waals surface area contributed by atoms with Crippen molar-refractivity contribution in [3.8, 4) is 0 Å². The van der Waals surface area contributed by atoms with Crippen LogP contribution >= 0.6 is 24.0 Å². The molecular weight excluding hydrogens is 471 g/mol. The van der Waals surface area contributed by atoms with E-state index in [9.17, 15) is 8.42 Å². The van der Waals surface area contributed by atoms with E-state index in [0.717, 1.165) is 24.7 Å². The first-order valence-electron chi connectivity index (χ1n) is 8.67. The number of aliphatic imine (C=N–C) groups is 1. The summed E-state index contributed by atoms with van der Waals surface area (Å²) in [5.41, 5.74) is 0. The number of hydrogen-bond acceptors (Lipinski definition) is 5. The van der Waals surface area contributed by atoms with Crippen LogP contribution in [0.25, 0.3) is 0 Å². The second-order valence-corrected chi connectivity index (χ2v) is 7.42. The van der Waals surface area contributed by atoms with Gasteiger partial charge in [0.2, 0.25) is 10.0 Å². The van der Waals surface area contributed by atoms with Gasteiger partial charge in [-0.3, -0.25) is 4.99 Å². The van der Waals surface area contributed by atoms with E-state index in [1.165, 1.54) is 0 Å². The maximum absolute atomic E-state index is 11.3. The molecule has 0 saturated carbocycles.